The molecule has 0 bridgehead atoms. The van der Waals surface area contributed by atoms with Crippen LogP contribution in [0.2, 0.25) is 5.15 Å². The lowest BCUT2D eigenvalue weighted by Crippen LogP contribution is -2.31. The lowest BCUT2D eigenvalue weighted by Gasteiger charge is -2.36. The van der Waals surface area contributed by atoms with Crippen LogP contribution in [0.5, 0.6) is 0 Å². The second-order valence-corrected chi connectivity index (χ2v) is 7.61. The molecule has 0 unspecified atom stereocenters. The Kier molecular flexibility index (Phi) is 4.92. The number of hydrogen-bond acceptors (Lipinski definition) is 2. The third-order valence-electron chi connectivity index (χ3n) is 4.56. The van der Waals surface area contributed by atoms with E-state index in [1.807, 2.05) is 13.0 Å². The highest BCUT2D eigenvalue weighted by Crippen LogP contribution is 2.40. The van der Waals surface area contributed by atoms with Crippen LogP contribution in [0.1, 0.15) is 52.0 Å². The molecular weight excluding hydrogens is 284 g/mol. The molecule has 1 fully saturated rings. The minimum atomic E-state index is 0.0802. The molecule has 1 saturated carbocycles. The summed E-state index contributed by atoms with van der Waals surface area (Å²) in [6, 6.07) is 1.87. The number of pyridine rings is 1. The minimum Gasteiger partial charge on any atom is -0.323 e. The van der Waals surface area contributed by atoms with E-state index in [0.29, 0.717) is 22.2 Å². The van der Waals surface area contributed by atoms with Crippen LogP contribution in [-0.2, 0) is 4.79 Å². The predicted octanol–water partition coefficient (Wildman–Crippen LogP) is 4.83. The highest BCUT2D eigenvalue weighted by molar-refractivity contribution is 6.32. The smallest absolute Gasteiger partial charge is 0.227 e. The average molecular weight is 309 g/mol. The second kappa shape index (κ2) is 6.35. The number of carbonyl (C=O) groups is 1. The van der Waals surface area contributed by atoms with Crippen molar-refractivity contribution in [1.82, 2.24) is 4.98 Å². The fourth-order valence-corrected chi connectivity index (χ4v) is 3.25. The molecule has 4 heteroatoms. The highest BCUT2D eigenvalue weighted by Gasteiger charge is 2.32. The van der Waals surface area contributed by atoms with Crippen molar-refractivity contribution in [3.63, 3.8) is 0 Å². The van der Waals surface area contributed by atoms with Crippen molar-refractivity contribution < 1.29 is 4.79 Å². The third kappa shape index (κ3) is 4.19. The van der Waals surface area contributed by atoms with Gasteiger partial charge in [0, 0.05) is 12.1 Å². The Labute approximate surface area is 132 Å². The van der Waals surface area contributed by atoms with Crippen LogP contribution < -0.4 is 5.32 Å². The quantitative estimate of drug-likeness (QED) is 0.795. The number of aromatic nitrogens is 1. The van der Waals surface area contributed by atoms with Crippen LogP contribution in [0.3, 0.4) is 0 Å². The number of halogens is 1. The molecule has 0 aliphatic heterocycles. The van der Waals surface area contributed by atoms with Gasteiger partial charge in [0.25, 0.3) is 0 Å². The van der Waals surface area contributed by atoms with Gasteiger partial charge in [-0.3, -0.25) is 4.79 Å². The van der Waals surface area contributed by atoms with E-state index in [2.05, 4.69) is 31.1 Å². The van der Waals surface area contributed by atoms with Gasteiger partial charge in [-0.25, -0.2) is 4.98 Å². The fraction of sp³-hybridized carbons (Fsp3) is 0.647. The molecular formula is C17H25ClN2O. The van der Waals surface area contributed by atoms with Crippen LogP contribution in [-0.4, -0.2) is 10.9 Å². The molecule has 21 heavy (non-hydrogen) atoms. The number of anilines is 1. The number of nitrogens with one attached hydrogen (secondary N) is 1. The zero-order valence-corrected chi connectivity index (χ0v) is 14.1. The van der Waals surface area contributed by atoms with E-state index in [1.54, 1.807) is 6.20 Å². The summed E-state index contributed by atoms with van der Waals surface area (Å²) in [6.45, 7) is 8.80. The molecule has 1 heterocycles. The number of amides is 1. The van der Waals surface area contributed by atoms with Crippen LogP contribution >= 0.6 is 11.6 Å². The Morgan fingerprint density at radius 3 is 2.48 bits per heavy atom. The Bertz CT molecular complexity index is 514. The Balaban J connectivity index is 1.95. The molecule has 1 amide bonds. The molecule has 2 rings (SSSR count). The summed E-state index contributed by atoms with van der Waals surface area (Å²) in [4.78, 5) is 16.5. The van der Waals surface area contributed by atoms with Gasteiger partial charge in [0.15, 0.2) is 5.15 Å². The fourth-order valence-electron chi connectivity index (χ4n) is 3.10. The molecule has 0 spiro atoms. The van der Waals surface area contributed by atoms with Crippen molar-refractivity contribution in [2.45, 2.75) is 53.4 Å². The van der Waals surface area contributed by atoms with Crippen LogP contribution in [0.15, 0.2) is 12.3 Å². The maximum absolute atomic E-state index is 12.4. The summed E-state index contributed by atoms with van der Waals surface area (Å²) in [5.74, 6) is 0.891. The van der Waals surface area contributed by atoms with E-state index >= 15 is 0 Å². The van der Waals surface area contributed by atoms with Gasteiger partial charge < -0.3 is 5.32 Å². The summed E-state index contributed by atoms with van der Waals surface area (Å²) in [5, 5.41) is 3.30. The van der Waals surface area contributed by atoms with Gasteiger partial charge in [-0.05, 0) is 55.6 Å². The lowest BCUT2D eigenvalue weighted by atomic mass is 9.69. The standard InChI is InChI=1S/C17H25ClN2O/c1-11-9-14(15(18)19-10-11)20-16(21)12-5-7-13(8-6-12)17(2,3)4/h9-10,12-13H,5-8H2,1-4H3,(H,20,21). The zero-order valence-electron chi connectivity index (χ0n) is 13.4. The van der Waals surface area contributed by atoms with Gasteiger partial charge in [0.05, 0.1) is 5.69 Å². The molecule has 0 radical (unpaired) electrons. The Morgan fingerprint density at radius 2 is 1.90 bits per heavy atom. The number of aryl methyl sites for hydroxylation is 1. The average Bonchev–Trinajstić information content (AvgIpc) is 2.42. The molecule has 1 N–H and O–H groups in total. The molecule has 0 aromatic carbocycles. The SMILES string of the molecule is Cc1cnc(Cl)c(NC(=O)C2CCC(C(C)(C)C)CC2)c1. The molecule has 1 aliphatic carbocycles. The molecule has 1 aromatic heterocycles. The van der Waals surface area contributed by atoms with Crippen molar-refractivity contribution in [1.29, 1.82) is 0 Å². The summed E-state index contributed by atoms with van der Waals surface area (Å²) in [7, 11) is 0. The van der Waals surface area contributed by atoms with E-state index < -0.39 is 0 Å². The second-order valence-electron chi connectivity index (χ2n) is 7.25. The van der Waals surface area contributed by atoms with E-state index in [4.69, 9.17) is 11.6 Å². The van der Waals surface area contributed by atoms with Crippen molar-refractivity contribution >= 4 is 23.2 Å². The van der Waals surface area contributed by atoms with Crippen LogP contribution in [0.25, 0.3) is 0 Å². The topological polar surface area (TPSA) is 42.0 Å². The first-order valence-electron chi connectivity index (χ1n) is 7.70. The van der Waals surface area contributed by atoms with E-state index in [0.717, 1.165) is 31.2 Å². The van der Waals surface area contributed by atoms with Gasteiger partial charge in [0.1, 0.15) is 0 Å². The van der Waals surface area contributed by atoms with Crippen LogP contribution in [0, 0.1) is 24.2 Å². The van der Waals surface area contributed by atoms with Crippen molar-refractivity contribution in [3.8, 4) is 0 Å². The number of nitrogens with zero attached hydrogens (tertiary/aromatic N) is 1. The minimum absolute atomic E-state index is 0.0802. The van der Waals surface area contributed by atoms with Gasteiger partial charge >= 0.3 is 0 Å². The predicted molar refractivity (Wildman–Crippen MR) is 87.5 cm³/mol. The van der Waals surface area contributed by atoms with E-state index in [-0.39, 0.29) is 11.8 Å². The van der Waals surface area contributed by atoms with E-state index in [1.165, 1.54) is 0 Å². The monoisotopic (exact) mass is 308 g/mol. The largest absolute Gasteiger partial charge is 0.323 e. The first-order valence-corrected chi connectivity index (χ1v) is 8.08. The highest BCUT2D eigenvalue weighted by atomic mass is 35.5. The zero-order chi connectivity index (χ0) is 15.6. The van der Waals surface area contributed by atoms with Crippen molar-refractivity contribution in [3.05, 3.63) is 23.0 Å². The van der Waals surface area contributed by atoms with E-state index in [9.17, 15) is 4.79 Å². The maximum Gasteiger partial charge on any atom is 0.227 e. The molecule has 1 aromatic rings. The van der Waals surface area contributed by atoms with Gasteiger partial charge in [-0.2, -0.15) is 0 Å². The normalized spacial score (nSPS) is 22.9. The van der Waals surface area contributed by atoms with Crippen molar-refractivity contribution in [2.75, 3.05) is 5.32 Å². The Hall–Kier alpha value is -1.09. The first-order chi connectivity index (χ1) is 9.77. The molecule has 0 saturated heterocycles. The number of rotatable bonds is 2. The van der Waals surface area contributed by atoms with Gasteiger partial charge in [-0.15, -0.1) is 0 Å². The lowest BCUT2D eigenvalue weighted by molar-refractivity contribution is -0.121. The maximum atomic E-state index is 12.4. The number of hydrogen-bond donors (Lipinski definition) is 1. The third-order valence-corrected chi connectivity index (χ3v) is 4.86. The van der Waals surface area contributed by atoms with Crippen LogP contribution in [0.4, 0.5) is 5.69 Å². The summed E-state index contributed by atoms with van der Waals surface area (Å²) >= 11 is 6.04. The Morgan fingerprint density at radius 1 is 1.29 bits per heavy atom. The summed E-state index contributed by atoms with van der Waals surface area (Å²) < 4.78 is 0. The summed E-state index contributed by atoms with van der Waals surface area (Å²) in [6.07, 6.45) is 5.88. The summed E-state index contributed by atoms with van der Waals surface area (Å²) in [5.41, 5.74) is 1.95. The van der Waals surface area contributed by atoms with Gasteiger partial charge in [0.2, 0.25) is 5.91 Å². The first kappa shape index (κ1) is 16.3. The molecule has 1 aliphatic rings. The number of carbonyl (C=O) groups excluding carboxylic acids is 1. The molecule has 3 nitrogen and oxygen atoms in total. The molecule has 0 atom stereocenters. The molecule has 116 valence electrons. The van der Waals surface area contributed by atoms with Crippen molar-refractivity contribution in [2.24, 2.45) is 17.3 Å². The van der Waals surface area contributed by atoms with Gasteiger partial charge in [-0.1, -0.05) is 32.4 Å².